The molecule has 0 unspecified atom stereocenters. The van der Waals surface area contributed by atoms with Crippen LogP contribution in [0.1, 0.15) is 30.7 Å². The second-order valence-electron chi connectivity index (χ2n) is 7.35. The lowest BCUT2D eigenvalue weighted by Gasteiger charge is -2.38. The summed E-state index contributed by atoms with van der Waals surface area (Å²) in [5.74, 6) is 0.170. The van der Waals surface area contributed by atoms with Crippen molar-refractivity contribution in [2.24, 2.45) is 5.41 Å². The monoisotopic (exact) mass is 375 g/mol. The molecule has 1 spiro atoms. The first-order valence-corrected chi connectivity index (χ1v) is 9.12. The first-order valence-electron chi connectivity index (χ1n) is 9.12. The maximum Gasteiger partial charge on any atom is 0.228 e. The van der Waals surface area contributed by atoms with E-state index in [0.717, 1.165) is 56.1 Å². The van der Waals surface area contributed by atoms with Crippen LogP contribution in [-0.2, 0) is 11.2 Å². The molecule has 4 rings (SSSR count). The molecule has 1 aromatic carbocycles. The van der Waals surface area contributed by atoms with E-state index in [-0.39, 0.29) is 18.3 Å². The summed E-state index contributed by atoms with van der Waals surface area (Å²) in [6.07, 6.45) is 3.81. The molecule has 26 heavy (non-hydrogen) atoms. The molecule has 7 heteroatoms. The van der Waals surface area contributed by atoms with Crippen LogP contribution in [0.25, 0.3) is 5.69 Å². The average molecular weight is 376 g/mol. The van der Waals surface area contributed by atoms with Crippen molar-refractivity contribution in [1.29, 1.82) is 0 Å². The van der Waals surface area contributed by atoms with Crippen LogP contribution in [0.15, 0.2) is 30.3 Å². The van der Waals surface area contributed by atoms with E-state index < -0.39 is 0 Å². The average Bonchev–Trinajstić information content (AvgIpc) is 3.24. The van der Waals surface area contributed by atoms with Gasteiger partial charge in [-0.15, -0.1) is 17.5 Å². The number of amides is 1. The van der Waals surface area contributed by atoms with Crippen LogP contribution in [-0.4, -0.2) is 52.0 Å². The van der Waals surface area contributed by atoms with Crippen molar-refractivity contribution in [3.8, 4) is 5.69 Å². The van der Waals surface area contributed by atoms with Gasteiger partial charge in [-0.05, 0) is 50.3 Å². The molecule has 2 fully saturated rings. The minimum atomic E-state index is 0. The van der Waals surface area contributed by atoms with Gasteiger partial charge in [0, 0.05) is 19.6 Å². The Morgan fingerprint density at radius 3 is 2.58 bits per heavy atom. The summed E-state index contributed by atoms with van der Waals surface area (Å²) < 4.78 is 1.80. The number of halogens is 1. The molecule has 0 saturated carbocycles. The summed E-state index contributed by atoms with van der Waals surface area (Å²) in [4.78, 5) is 14.7. The number of para-hydroxylation sites is 1. The zero-order valence-electron chi connectivity index (χ0n) is 15.1. The van der Waals surface area contributed by atoms with E-state index in [1.54, 1.807) is 4.68 Å². The van der Waals surface area contributed by atoms with Crippen molar-refractivity contribution >= 4 is 18.3 Å². The van der Waals surface area contributed by atoms with Gasteiger partial charge in [0.2, 0.25) is 5.91 Å². The van der Waals surface area contributed by atoms with Gasteiger partial charge in [-0.25, -0.2) is 4.68 Å². The van der Waals surface area contributed by atoms with Crippen molar-refractivity contribution in [1.82, 2.24) is 25.2 Å². The topological polar surface area (TPSA) is 63.1 Å². The Morgan fingerprint density at radius 2 is 1.92 bits per heavy atom. The van der Waals surface area contributed by atoms with Gasteiger partial charge in [-0.3, -0.25) is 4.79 Å². The molecule has 2 aliphatic rings. The second-order valence-corrected chi connectivity index (χ2v) is 7.35. The molecule has 6 nitrogen and oxygen atoms in total. The number of nitrogens with one attached hydrogen (secondary N) is 1. The zero-order chi connectivity index (χ0) is 17.3. The molecule has 2 aromatic rings. The fourth-order valence-corrected chi connectivity index (χ4v) is 4.05. The number of carbonyl (C=O) groups is 1. The van der Waals surface area contributed by atoms with Crippen molar-refractivity contribution in [3.63, 3.8) is 0 Å². The van der Waals surface area contributed by atoms with Crippen molar-refractivity contribution < 1.29 is 4.79 Å². The summed E-state index contributed by atoms with van der Waals surface area (Å²) >= 11 is 0. The van der Waals surface area contributed by atoms with Crippen LogP contribution in [0.3, 0.4) is 0 Å². The van der Waals surface area contributed by atoms with Crippen LogP contribution in [0.4, 0.5) is 0 Å². The molecule has 0 atom stereocenters. The fraction of sp³-hybridized carbons (Fsp3) is 0.526. The third kappa shape index (κ3) is 3.62. The highest BCUT2D eigenvalue weighted by molar-refractivity contribution is 5.85. The van der Waals surface area contributed by atoms with Crippen LogP contribution in [0.5, 0.6) is 0 Å². The fourth-order valence-electron chi connectivity index (χ4n) is 4.05. The smallest absolute Gasteiger partial charge is 0.228 e. The number of aromatic nitrogens is 3. The van der Waals surface area contributed by atoms with Crippen LogP contribution in [0, 0.1) is 12.3 Å². The van der Waals surface area contributed by atoms with E-state index in [1.165, 1.54) is 6.42 Å². The van der Waals surface area contributed by atoms with Crippen molar-refractivity contribution in [2.75, 3.05) is 26.2 Å². The third-order valence-corrected chi connectivity index (χ3v) is 5.82. The first-order chi connectivity index (χ1) is 12.2. The molecule has 2 aliphatic heterocycles. The molecular weight excluding hydrogens is 350 g/mol. The van der Waals surface area contributed by atoms with Gasteiger partial charge in [-0.1, -0.05) is 23.4 Å². The molecular formula is C19H26ClN5O. The lowest BCUT2D eigenvalue weighted by molar-refractivity contribution is -0.132. The summed E-state index contributed by atoms with van der Waals surface area (Å²) in [6, 6.07) is 9.91. The zero-order valence-corrected chi connectivity index (χ0v) is 16.0. The van der Waals surface area contributed by atoms with E-state index >= 15 is 0 Å². The first kappa shape index (κ1) is 18.9. The number of hydrogen-bond donors (Lipinski definition) is 1. The van der Waals surface area contributed by atoms with Gasteiger partial charge < -0.3 is 10.2 Å². The van der Waals surface area contributed by atoms with E-state index in [9.17, 15) is 4.79 Å². The standard InChI is InChI=1S/C19H25N5O.ClH/c1-15-17(21-22-24(15)16-5-3-2-4-6-16)13-18(25)23-11-8-19(9-12-23)7-10-20-14-19;/h2-6,20H,7-14H2,1H3;1H. The lowest BCUT2D eigenvalue weighted by Crippen LogP contribution is -2.44. The van der Waals surface area contributed by atoms with Gasteiger partial charge >= 0.3 is 0 Å². The Kier molecular flexibility index (Phi) is 5.63. The van der Waals surface area contributed by atoms with E-state index in [1.807, 2.05) is 42.2 Å². The number of benzene rings is 1. The molecule has 1 aromatic heterocycles. The Morgan fingerprint density at radius 1 is 1.19 bits per heavy atom. The third-order valence-electron chi connectivity index (χ3n) is 5.82. The highest BCUT2D eigenvalue weighted by atomic mass is 35.5. The molecule has 0 bridgehead atoms. The maximum atomic E-state index is 12.7. The SMILES string of the molecule is Cc1c(CC(=O)N2CCC3(CCNC3)CC2)nnn1-c1ccccc1.Cl. The Hall–Kier alpha value is -1.92. The van der Waals surface area contributed by atoms with E-state index in [4.69, 9.17) is 0 Å². The Balaban J connectivity index is 0.00000196. The summed E-state index contributed by atoms with van der Waals surface area (Å²) in [5, 5.41) is 12.0. The van der Waals surface area contributed by atoms with Gasteiger partial charge in [-0.2, -0.15) is 0 Å². The summed E-state index contributed by atoms with van der Waals surface area (Å²) in [7, 11) is 0. The van der Waals surface area contributed by atoms with Gasteiger partial charge in [0.1, 0.15) is 0 Å². The second kappa shape index (κ2) is 7.76. The van der Waals surface area contributed by atoms with Crippen LogP contribution < -0.4 is 5.32 Å². The Labute approximate surface area is 160 Å². The van der Waals surface area contributed by atoms with Gasteiger partial charge in [0.25, 0.3) is 0 Å². The number of likely N-dealkylation sites (tertiary alicyclic amines) is 1. The normalized spacial score (nSPS) is 18.7. The maximum absolute atomic E-state index is 12.7. The van der Waals surface area contributed by atoms with Crippen molar-refractivity contribution in [3.05, 3.63) is 41.7 Å². The van der Waals surface area contributed by atoms with E-state index in [2.05, 4.69) is 15.6 Å². The molecule has 2 saturated heterocycles. The van der Waals surface area contributed by atoms with E-state index in [0.29, 0.717) is 11.8 Å². The Bertz CT molecular complexity index is 745. The van der Waals surface area contributed by atoms with Gasteiger partial charge in [0.15, 0.2) is 0 Å². The highest BCUT2D eigenvalue weighted by Gasteiger charge is 2.38. The number of hydrogen-bond acceptors (Lipinski definition) is 4. The number of nitrogens with zero attached hydrogens (tertiary/aromatic N) is 4. The van der Waals surface area contributed by atoms with Crippen LogP contribution in [0.2, 0.25) is 0 Å². The molecule has 3 heterocycles. The number of piperidine rings is 1. The minimum absolute atomic E-state index is 0. The summed E-state index contributed by atoms with van der Waals surface area (Å²) in [5.41, 5.74) is 3.12. The van der Waals surface area contributed by atoms with Crippen molar-refractivity contribution in [2.45, 2.75) is 32.6 Å². The molecule has 1 N–H and O–H groups in total. The summed E-state index contributed by atoms with van der Waals surface area (Å²) in [6.45, 7) is 5.94. The largest absolute Gasteiger partial charge is 0.342 e. The number of carbonyl (C=O) groups excluding carboxylic acids is 1. The predicted octanol–water partition coefficient (Wildman–Crippen LogP) is 2.14. The molecule has 140 valence electrons. The quantitative estimate of drug-likeness (QED) is 0.892. The minimum Gasteiger partial charge on any atom is -0.342 e. The molecule has 0 aliphatic carbocycles. The van der Waals surface area contributed by atoms with Gasteiger partial charge in [0.05, 0.1) is 23.5 Å². The molecule has 0 radical (unpaired) electrons. The predicted molar refractivity (Wildman–Crippen MR) is 103 cm³/mol. The van der Waals surface area contributed by atoms with Crippen LogP contribution >= 0.6 is 12.4 Å². The molecule has 1 amide bonds. The lowest BCUT2D eigenvalue weighted by atomic mass is 9.78. The number of rotatable bonds is 3. The highest BCUT2D eigenvalue weighted by Crippen LogP contribution is 2.37.